The molecule has 3 aliphatic rings. The number of ether oxygens (including phenoxy) is 1. The predicted molar refractivity (Wildman–Crippen MR) is 99.3 cm³/mol. The summed E-state index contributed by atoms with van der Waals surface area (Å²) in [7, 11) is 0. The quantitative estimate of drug-likeness (QED) is 0.899. The molecule has 0 bridgehead atoms. The molecule has 6 nitrogen and oxygen atoms in total. The van der Waals surface area contributed by atoms with Crippen LogP contribution >= 0.6 is 11.3 Å². The second kappa shape index (κ2) is 6.63. The number of anilines is 1. The number of amides is 1. The highest BCUT2D eigenvalue weighted by Gasteiger charge is 2.35. The number of carbonyl (C=O) groups excluding carboxylic acids is 1. The summed E-state index contributed by atoms with van der Waals surface area (Å²) in [5.74, 6) is 1.23. The summed E-state index contributed by atoms with van der Waals surface area (Å²) in [6, 6.07) is 0.502. The van der Waals surface area contributed by atoms with E-state index in [2.05, 4.69) is 33.4 Å². The average molecular weight is 358 g/mol. The summed E-state index contributed by atoms with van der Waals surface area (Å²) < 4.78 is 5.36. The Balaban J connectivity index is 1.34. The molecule has 4 rings (SSSR count). The van der Waals surface area contributed by atoms with Crippen molar-refractivity contribution in [1.82, 2.24) is 9.88 Å². The van der Waals surface area contributed by atoms with Gasteiger partial charge in [0.1, 0.15) is 17.4 Å². The lowest BCUT2D eigenvalue weighted by atomic mass is 9.98. The largest absolute Gasteiger partial charge is 0.444 e. The van der Waals surface area contributed by atoms with Crippen LogP contribution in [0.3, 0.4) is 0 Å². The minimum Gasteiger partial charge on any atom is -0.444 e. The number of aryl methyl sites for hydroxylation is 2. The molecular formula is C18H22N4O2S. The Hall–Kier alpha value is -2.15. The number of nitrogens with one attached hydrogen (secondary N) is 1. The van der Waals surface area contributed by atoms with E-state index in [-0.39, 0.29) is 12.6 Å². The van der Waals surface area contributed by atoms with Gasteiger partial charge in [-0.3, -0.25) is 10.3 Å². The zero-order valence-electron chi connectivity index (χ0n) is 14.5. The lowest BCUT2D eigenvalue weighted by molar-refractivity contribution is 0.172. The maximum absolute atomic E-state index is 12.0. The molecule has 1 aromatic heterocycles. The van der Waals surface area contributed by atoms with Crippen molar-refractivity contribution in [3.8, 4) is 0 Å². The van der Waals surface area contributed by atoms with Crippen LogP contribution in [0.5, 0.6) is 0 Å². The van der Waals surface area contributed by atoms with Gasteiger partial charge in [-0.25, -0.2) is 9.78 Å². The van der Waals surface area contributed by atoms with Crippen LogP contribution in [-0.4, -0.2) is 47.0 Å². The van der Waals surface area contributed by atoms with Crippen LogP contribution in [-0.2, 0) is 4.74 Å². The van der Waals surface area contributed by atoms with Gasteiger partial charge >= 0.3 is 6.09 Å². The molecule has 1 amide bonds. The standard InChI is InChI=1S/C18H22N4O2S/c1-11-17(25-12(2)19-11)21-18(23)24-10-13-6-7-15-14(9-13)20-16-5-3-4-8-22(15)16/h6-7,9,14-15H,3-5,8,10H2,1-2H3,(H,21,23). The van der Waals surface area contributed by atoms with Crippen LogP contribution in [0.2, 0.25) is 0 Å². The van der Waals surface area contributed by atoms with E-state index in [4.69, 9.17) is 9.73 Å². The number of fused-ring (bicyclic) bond motifs is 3. The van der Waals surface area contributed by atoms with Gasteiger partial charge in [0, 0.05) is 13.0 Å². The van der Waals surface area contributed by atoms with Gasteiger partial charge in [-0.15, -0.1) is 11.3 Å². The number of carbonyl (C=O) groups is 1. The van der Waals surface area contributed by atoms with Gasteiger partial charge in [-0.2, -0.15) is 0 Å². The van der Waals surface area contributed by atoms with Crippen molar-refractivity contribution in [1.29, 1.82) is 0 Å². The molecule has 2 aliphatic heterocycles. The van der Waals surface area contributed by atoms with E-state index >= 15 is 0 Å². The number of piperidine rings is 1. The van der Waals surface area contributed by atoms with Crippen LogP contribution in [0.4, 0.5) is 9.80 Å². The molecular weight excluding hydrogens is 336 g/mol. The molecule has 0 aromatic carbocycles. The third-order valence-corrected chi connectivity index (χ3v) is 5.76. The Morgan fingerprint density at radius 3 is 3.12 bits per heavy atom. The highest BCUT2D eigenvalue weighted by molar-refractivity contribution is 7.16. The highest BCUT2D eigenvalue weighted by atomic mass is 32.1. The minimum absolute atomic E-state index is 0.158. The number of hydrogen-bond donors (Lipinski definition) is 1. The lowest BCUT2D eigenvalue weighted by Crippen LogP contribution is -2.41. The Bertz CT molecular complexity index is 780. The Morgan fingerprint density at radius 1 is 1.44 bits per heavy atom. The van der Waals surface area contributed by atoms with Crippen molar-refractivity contribution >= 4 is 28.3 Å². The molecule has 1 aromatic rings. The second-order valence-electron chi connectivity index (χ2n) is 6.63. The SMILES string of the molecule is Cc1nc(C)c(NC(=O)OCC2=CC3N=C4CCCCN4C3C=C2)s1. The number of hydrogen-bond acceptors (Lipinski definition) is 6. The van der Waals surface area contributed by atoms with Gasteiger partial charge in [0.25, 0.3) is 0 Å². The first-order valence-electron chi connectivity index (χ1n) is 8.70. The number of amidine groups is 1. The molecule has 2 unspecified atom stereocenters. The van der Waals surface area contributed by atoms with Gasteiger partial charge in [0.2, 0.25) is 0 Å². The second-order valence-corrected chi connectivity index (χ2v) is 7.83. The van der Waals surface area contributed by atoms with E-state index in [0.29, 0.717) is 6.04 Å². The smallest absolute Gasteiger partial charge is 0.412 e. The predicted octanol–water partition coefficient (Wildman–Crippen LogP) is 3.44. The Kier molecular flexibility index (Phi) is 4.33. The molecule has 2 atom stereocenters. The lowest BCUT2D eigenvalue weighted by Gasteiger charge is -2.32. The van der Waals surface area contributed by atoms with E-state index in [9.17, 15) is 4.79 Å². The van der Waals surface area contributed by atoms with Gasteiger partial charge in [-0.1, -0.05) is 18.2 Å². The third-order valence-electron chi connectivity index (χ3n) is 4.77. The van der Waals surface area contributed by atoms with Crippen LogP contribution < -0.4 is 5.32 Å². The summed E-state index contributed by atoms with van der Waals surface area (Å²) in [6.45, 7) is 5.14. The van der Waals surface area contributed by atoms with Crippen molar-refractivity contribution < 1.29 is 9.53 Å². The molecule has 1 N–H and O–H groups in total. The molecule has 132 valence electrons. The van der Waals surface area contributed by atoms with E-state index in [1.54, 1.807) is 0 Å². The molecule has 0 saturated carbocycles. The van der Waals surface area contributed by atoms with Crippen molar-refractivity contribution in [2.75, 3.05) is 18.5 Å². The fourth-order valence-electron chi connectivity index (χ4n) is 3.60. The van der Waals surface area contributed by atoms with E-state index < -0.39 is 6.09 Å². The summed E-state index contributed by atoms with van der Waals surface area (Å²) in [6.07, 6.45) is 9.49. The summed E-state index contributed by atoms with van der Waals surface area (Å²) >= 11 is 1.45. The fraction of sp³-hybridized carbons (Fsp3) is 0.500. The number of aliphatic imine (C=N–C) groups is 1. The Labute approximate surface area is 151 Å². The van der Waals surface area contributed by atoms with Crippen LogP contribution in [0.15, 0.2) is 28.8 Å². The molecule has 0 spiro atoms. The van der Waals surface area contributed by atoms with Gasteiger partial charge in [0.15, 0.2) is 0 Å². The molecule has 1 fully saturated rings. The van der Waals surface area contributed by atoms with Gasteiger partial charge in [-0.05, 0) is 32.3 Å². The Morgan fingerprint density at radius 2 is 2.32 bits per heavy atom. The summed E-state index contributed by atoms with van der Waals surface area (Å²) in [4.78, 5) is 23.6. The van der Waals surface area contributed by atoms with Crippen LogP contribution in [0.25, 0.3) is 0 Å². The molecule has 25 heavy (non-hydrogen) atoms. The first kappa shape index (κ1) is 16.3. The minimum atomic E-state index is -0.446. The van der Waals surface area contributed by atoms with E-state index in [1.165, 1.54) is 30.0 Å². The zero-order chi connectivity index (χ0) is 17.4. The van der Waals surface area contributed by atoms with E-state index in [0.717, 1.165) is 34.2 Å². The molecule has 1 saturated heterocycles. The number of thiazole rings is 1. The van der Waals surface area contributed by atoms with Crippen molar-refractivity contribution in [3.05, 3.63) is 34.5 Å². The van der Waals surface area contributed by atoms with Crippen molar-refractivity contribution in [2.45, 2.75) is 45.2 Å². The zero-order valence-corrected chi connectivity index (χ0v) is 15.3. The molecule has 0 radical (unpaired) electrons. The van der Waals surface area contributed by atoms with Gasteiger partial charge < -0.3 is 9.64 Å². The first-order chi connectivity index (χ1) is 12.1. The normalized spacial score (nSPS) is 24.3. The number of rotatable bonds is 3. The van der Waals surface area contributed by atoms with Crippen molar-refractivity contribution in [3.63, 3.8) is 0 Å². The fourth-order valence-corrected chi connectivity index (χ4v) is 4.41. The van der Waals surface area contributed by atoms with Crippen molar-refractivity contribution in [2.24, 2.45) is 4.99 Å². The molecule has 7 heteroatoms. The molecule has 3 heterocycles. The number of nitrogens with zero attached hydrogens (tertiary/aromatic N) is 3. The van der Waals surface area contributed by atoms with Gasteiger partial charge in [0.05, 0.1) is 22.8 Å². The summed E-state index contributed by atoms with van der Waals surface area (Å²) in [5.41, 5.74) is 1.82. The van der Waals surface area contributed by atoms with Crippen LogP contribution in [0.1, 0.15) is 30.0 Å². The average Bonchev–Trinajstić information content (AvgIpc) is 3.11. The number of aromatic nitrogens is 1. The maximum atomic E-state index is 12.0. The topological polar surface area (TPSA) is 66.8 Å². The first-order valence-corrected chi connectivity index (χ1v) is 9.52. The maximum Gasteiger partial charge on any atom is 0.412 e. The highest BCUT2D eigenvalue weighted by Crippen LogP contribution is 2.30. The monoisotopic (exact) mass is 358 g/mol. The van der Waals surface area contributed by atoms with Crippen LogP contribution in [0, 0.1) is 13.8 Å². The third kappa shape index (κ3) is 3.33. The van der Waals surface area contributed by atoms with E-state index in [1.807, 2.05) is 13.8 Å². The molecule has 1 aliphatic carbocycles. The summed E-state index contributed by atoms with van der Waals surface area (Å²) in [5, 5.41) is 4.44.